The van der Waals surface area contributed by atoms with Crippen LogP contribution >= 0.6 is 23.5 Å². The van der Waals surface area contributed by atoms with Crippen LogP contribution in [0, 0.1) is 0 Å². The first-order valence-electron chi connectivity index (χ1n) is 7.99. The molecule has 2 aliphatic rings. The van der Waals surface area contributed by atoms with Crippen LogP contribution in [0.15, 0.2) is 0 Å². The second-order valence-electron chi connectivity index (χ2n) is 6.20. The molecule has 5 heteroatoms. The van der Waals surface area contributed by atoms with Crippen molar-refractivity contribution in [3.05, 3.63) is 0 Å². The van der Waals surface area contributed by atoms with E-state index < -0.39 is 0 Å². The third-order valence-electron chi connectivity index (χ3n) is 4.26. The summed E-state index contributed by atoms with van der Waals surface area (Å²) in [6.07, 6.45) is 2.33. The summed E-state index contributed by atoms with van der Waals surface area (Å²) < 4.78 is 0. The molecule has 2 heterocycles. The van der Waals surface area contributed by atoms with Gasteiger partial charge < -0.3 is 5.11 Å². The molecule has 0 aliphatic carbocycles. The number of thioether (sulfide) groups is 2. The van der Waals surface area contributed by atoms with Crippen LogP contribution in [0.3, 0.4) is 0 Å². The van der Waals surface area contributed by atoms with Gasteiger partial charge in [-0.05, 0) is 25.9 Å². The second-order valence-corrected chi connectivity index (χ2v) is 9.29. The maximum Gasteiger partial charge on any atom is 0.0793 e. The van der Waals surface area contributed by atoms with Crippen molar-refractivity contribution in [3.63, 3.8) is 0 Å². The van der Waals surface area contributed by atoms with E-state index in [4.69, 9.17) is 0 Å². The van der Waals surface area contributed by atoms with Gasteiger partial charge in [0.15, 0.2) is 0 Å². The van der Waals surface area contributed by atoms with Gasteiger partial charge >= 0.3 is 0 Å². The molecular formula is C15H30N2OS2. The number of nitrogens with zero attached hydrogens (tertiary/aromatic N) is 2. The largest absolute Gasteiger partial charge is 0.390 e. The maximum atomic E-state index is 10.4. The minimum atomic E-state index is -0.188. The molecule has 0 saturated carbocycles. The highest BCUT2D eigenvalue weighted by Gasteiger charge is 2.20. The number of hydrogen-bond donors (Lipinski definition) is 1. The zero-order chi connectivity index (χ0) is 14.4. The second kappa shape index (κ2) is 8.89. The molecule has 1 N–H and O–H groups in total. The van der Waals surface area contributed by atoms with Crippen molar-refractivity contribution in [1.29, 1.82) is 0 Å². The van der Waals surface area contributed by atoms with Gasteiger partial charge in [-0.25, -0.2) is 0 Å². The molecule has 1 unspecified atom stereocenters. The molecule has 3 nitrogen and oxygen atoms in total. The van der Waals surface area contributed by atoms with E-state index in [0.29, 0.717) is 0 Å². The zero-order valence-corrected chi connectivity index (χ0v) is 14.6. The average molecular weight is 319 g/mol. The molecule has 2 aliphatic heterocycles. The molecule has 0 aromatic heterocycles. The summed E-state index contributed by atoms with van der Waals surface area (Å²) in [6.45, 7) is 10.9. The Morgan fingerprint density at radius 2 is 1.35 bits per heavy atom. The van der Waals surface area contributed by atoms with Gasteiger partial charge in [-0.2, -0.15) is 23.5 Å². The predicted molar refractivity (Wildman–Crippen MR) is 92.0 cm³/mol. The molecule has 2 rings (SSSR count). The number of aliphatic hydroxyl groups is 1. The first kappa shape index (κ1) is 16.9. The lowest BCUT2D eigenvalue weighted by molar-refractivity contribution is 0.0782. The first-order chi connectivity index (χ1) is 9.63. The Kier molecular flexibility index (Phi) is 7.53. The molecule has 2 saturated heterocycles. The third kappa shape index (κ3) is 6.14. The van der Waals surface area contributed by atoms with E-state index >= 15 is 0 Å². The van der Waals surface area contributed by atoms with E-state index in [9.17, 15) is 5.11 Å². The molecule has 0 spiro atoms. The summed E-state index contributed by atoms with van der Waals surface area (Å²) in [5.41, 5.74) is 0. The van der Waals surface area contributed by atoms with Crippen LogP contribution in [0.1, 0.15) is 26.7 Å². The van der Waals surface area contributed by atoms with E-state index in [1.807, 2.05) is 0 Å². The number of β-amino-alcohol motifs (C(OH)–C–C–N with tert-alkyl or cyclic N) is 1. The van der Waals surface area contributed by atoms with Crippen LogP contribution in [0.25, 0.3) is 0 Å². The minimum Gasteiger partial charge on any atom is -0.390 e. The van der Waals surface area contributed by atoms with Crippen molar-refractivity contribution in [3.8, 4) is 0 Å². The average Bonchev–Trinajstić information content (AvgIpc) is 2.72. The standard InChI is InChI=1S/C15H30N2OS2/c1-13-3-5-16(7-9-19-13)11-15(18)12-17-6-4-14(2)20-10-8-17/h13-15,18H,3-12H2,1-2H3/t13-,14+,15?. The fraction of sp³-hybridized carbons (Fsp3) is 1.00. The van der Waals surface area contributed by atoms with Crippen molar-refractivity contribution in [1.82, 2.24) is 9.80 Å². The van der Waals surface area contributed by atoms with Crippen molar-refractivity contribution >= 4 is 23.5 Å². The van der Waals surface area contributed by atoms with Crippen LogP contribution in [-0.4, -0.2) is 82.3 Å². The Balaban J connectivity index is 1.70. The Bertz CT molecular complexity index is 255. The van der Waals surface area contributed by atoms with Crippen molar-refractivity contribution in [2.24, 2.45) is 0 Å². The summed E-state index contributed by atoms with van der Waals surface area (Å²) in [5.74, 6) is 2.43. The summed E-state index contributed by atoms with van der Waals surface area (Å²) in [4.78, 5) is 4.91. The highest BCUT2D eigenvalue weighted by molar-refractivity contribution is 8.00. The molecular weight excluding hydrogens is 288 g/mol. The zero-order valence-electron chi connectivity index (χ0n) is 13.0. The molecule has 118 valence electrons. The normalized spacial score (nSPS) is 32.5. The van der Waals surface area contributed by atoms with Crippen LogP contribution in [-0.2, 0) is 0 Å². The fourth-order valence-corrected chi connectivity index (χ4v) is 4.98. The maximum absolute atomic E-state index is 10.4. The molecule has 20 heavy (non-hydrogen) atoms. The lowest BCUT2D eigenvalue weighted by Crippen LogP contribution is -2.41. The van der Waals surface area contributed by atoms with Gasteiger partial charge in [-0.1, -0.05) is 13.8 Å². The van der Waals surface area contributed by atoms with Crippen LogP contribution in [0.2, 0.25) is 0 Å². The first-order valence-corrected chi connectivity index (χ1v) is 10.1. The van der Waals surface area contributed by atoms with Crippen molar-refractivity contribution < 1.29 is 5.11 Å². The fourth-order valence-electron chi connectivity index (χ4n) is 2.90. The Morgan fingerprint density at radius 1 is 0.900 bits per heavy atom. The van der Waals surface area contributed by atoms with Gasteiger partial charge in [-0.15, -0.1) is 0 Å². The Hall–Kier alpha value is 0.580. The van der Waals surface area contributed by atoms with Crippen molar-refractivity contribution in [2.45, 2.75) is 43.3 Å². The summed E-state index contributed by atoms with van der Waals surface area (Å²) in [5, 5.41) is 11.9. The molecule has 0 aromatic rings. The number of aliphatic hydroxyl groups excluding tert-OH is 1. The summed E-state index contributed by atoms with van der Waals surface area (Å²) in [7, 11) is 0. The number of hydrogen-bond acceptors (Lipinski definition) is 5. The monoisotopic (exact) mass is 318 g/mol. The number of rotatable bonds is 4. The summed E-state index contributed by atoms with van der Waals surface area (Å²) >= 11 is 4.14. The summed E-state index contributed by atoms with van der Waals surface area (Å²) in [6, 6.07) is 0. The van der Waals surface area contributed by atoms with Gasteiger partial charge in [0.25, 0.3) is 0 Å². The molecule has 2 fully saturated rings. The molecule has 0 amide bonds. The van der Waals surface area contributed by atoms with Crippen LogP contribution in [0.4, 0.5) is 0 Å². The third-order valence-corrected chi connectivity index (χ3v) is 6.71. The highest BCUT2D eigenvalue weighted by Crippen LogP contribution is 2.20. The van der Waals surface area contributed by atoms with Gasteiger partial charge in [0.1, 0.15) is 0 Å². The Labute approximate surface area is 132 Å². The van der Waals surface area contributed by atoms with Crippen LogP contribution < -0.4 is 0 Å². The lowest BCUT2D eigenvalue weighted by Gasteiger charge is -2.27. The van der Waals surface area contributed by atoms with Crippen LogP contribution in [0.5, 0.6) is 0 Å². The van der Waals surface area contributed by atoms with Gasteiger partial charge in [0.05, 0.1) is 6.10 Å². The van der Waals surface area contributed by atoms with E-state index in [-0.39, 0.29) is 6.10 Å². The highest BCUT2D eigenvalue weighted by atomic mass is 32.2. The van der Waals surface area contributed by atoms with E-state index in [0.717, 1.165) is 49.8 Å². The predicted octanol–water partition coefficient (Wildman–Crippen LogP) is 2.00. The van der Waals surface area contributed by atoms with Gasteiger partial charge in [0.2, 0.25) is 0 Å². The molecule has 0 bridgehead atoms. The quantitative estimate of drug-likeness (QED) is 0.855. The SMILES string of the molecule is C[C@@H]1CCN(CC(O)CN2CCS[C@@H](C)CC2)CCS1. The van der Waals surface area contributed by atoms with E-state index in [2.05, 4.69) is 47.2 Å². The van der Waals surface area contributed by atoms with E-state index in [1.54, 1.807) is 0 Å². The molecule has 3 atom stereocenters. The van der Waals surface area contributed by atoms with E-state index in [1.165, 1.54) is 24.3 Å². The topological polar surface area (TPSA) is 26.7 Å². The lowest BCUT2D eigenvalue weighted by atomic mass is 10.2. The molecule has 0 radical (unpaired) electrons. The van der Waals surface area contributed by atoms with Gasteiger partial charge in [0, 0.05) is 48.2 Å². The van der Waals surface area contributed by atoms with Gasteiger partial charge in [-0.3, -0.25) is 9.80 Å². The van der Waals surface area contributed by atoms with Crippen molar-refractivity contribution in [2.75, 3.05) is 50.8 Å². The molecule has 0 aromatic carbocycles. The minimum absolute atomic E-state index is 0.188. The Morgan fingerprint density at radius 3 is 1.80 bits per heavy atom. The smallest absolute Gasteiger partial charge is 0.0793 e.